The van der Waals surface area contributed by atoms with Gasteiger partial charge in [0, 0.05) is 17.5 Å². The zero-order chi connectivity index (χ0) is 14.4. The summed E-state index contributed by atoms with van der Waals surface area (Å²) in [5.41, 5.74) is 1.94. The van der Waals surface area contributed by atoms with Crippen LogP contribution in [0.1, 0.15) is 56.0 Å². The summed E-state index contributed by atoms with van der Waals surface area (Å²) in [6, 6.07) is 7.82. The SMILES string of the molecule is CC(C)CC(CCl)NC(=O)c1ccc(C(C)C)cc1. The number of nitrogens with one attached hydrogen (secondary N) is 1. The van der Waals surface area contributed by atoms with Gasteiger partial charge < -0.3 is 5.32 Å². The van der Waals surface area contributed by atoms with Gasteiger partial charge in [0.25, 0.3) is 5.91 Å². The van der Waals surface area contributed by atoms with Crippen LogP contribution in [0.25, 0.3) is 0 Å². The first-order valence-electron chi connectivity index (χ1n) is 6.90. The maximum absolute atomic E-state index is 12.1. The van der Waals surface area contributed by atoms with Crippen molar-refractivity contribution >= 4 is 17.5 Å². The molecule has 0 aliphatic heterocycles. The van der Waals surface area contributed by atoms with Crippen molar-refractivity contribution in [3.8, 4) is 0 Å². The summed E-state index contributed by atoms with van der Waals surface area (Å²) >= 11 is 5.90. The Morgan fingerprint density at radius 3 is 2.16 bits per heavy atom. The third-order valence-electron chi connectivity index (χ3n) is 3.12. The van der Waals surface area contributed by atoms with E-state index in [1.807, 2.05) is 24.3 Å². The van der Waals surface area contributed by atoms with Crippen molar-refractivity contribution in [2.24, 2.45) is 5.92 Å². The third-order valence-corrected chi connectivity index (χ3v) is 3.49. The van der Waals surface area contributed by atoms with Gasteiger partial charge in [0.05, 0.1) is 0 Å². The monoisotopic (exact) mass is 281 g/mol. The van der Waals surface area contributed by atoms with E-state index in [1.54, 1.807) is 0 Å². The summed E-state index contributed by atoms with van der Waals surface area (Å²) in [4.78, 5) is 12.1. The second kappa shape index (κ2) is 7.54. The summed E-state index contributed by atoms with van der Waals surface area (Å²) < 4.78 is 0. The van der Waals surface area contributed by atoms with Crippen molar-refractivity contribution in [3.05, 3.63) is 35.4 Å². The minimum Gasteiger partial charge on any atom is -0.348 e. The van der Waals surface area contributed by atoms with E-state index < -0.39 is 0 Å². The predicted octanol–water partition coefficient (Wildman–Crippen LogP) is 4.19. The highest BCUT2D eigenvalue weighted by Crippen LogP contribution is 2.15. The van der Waals surface area contributed by atoms with Gasteiger partial charge in [-0.15, -0.1) is 11.6 Å². The number of carbonyl (C=O) groups excluding carboxylic acids is 1. The molecule has 0 radical (unpaired) electrons. The van der Waals surface area contributed by atoms with Gasteiger partial charge in [-0.25, -0.2) is 0 Å². The molecule has 1 N–H and O–H groups in total. The normalized spacial score (nSPS) is 12.8. The first-order valence-corrected chi connectivity index (χ1v) is 7.44. The number of benzene rings is 1. The smallest absolute Gasteiger partial charge is 0.251 e. The lowest BCUT2D eigenvalue weighted by Crippen LogP contribution is -2.37. The van der Waals surface area contributed by atoms with Gasteiger partial charge in [-0.3, -0.25) is 4.79 Å². The predicted molar refractivity (Wildman–Crippen MR) is 82.0 cm³/mol. The number of rotatable bonds is 6. The molecule has 0 spiro atoms. The second-order valence-corrected chi connectivity index (χ2v) is 6.04. The van der Waals surface area contributed by atoms with Crippen molar-refractivity contribution < 1.29 is 4.79 Å². The first-order chi connectivity index (χ1) is 8.93. The minimum absolute atomic E-state index is 0.0402. The molecule has 19 heavy (non-hydrogen) atoms. The Morgan fingerprint density at radius 1 is 1.16 bits per heavy atom. The fourth-order valence-electron chi connectivity index (χ4n) is 2.02. The van der Waals surface area contributed by atoms with E-state index >= 15 is 0 Å². The summed E-state index contributed by atoms with van der Waals surface area (Å²) in [7, 11) is 0. The molecule has 0 bridgehead atoms. The fraction of sp³-hybridized carbons (Fsp3) is 0.562. The Labute approximate surface area is 121 Å². The van der Waals surface area contributed by atoms with Gasteiger partial charge in [-0.2, -0.15) is 0 Å². The standard InChI is InChI=1S/C16H24ClNO/c1-11(2)9-15(10-17)18-16(19)14-7-5-13(6-8-14)12(3)4/h5-8,11-12,15H,9-10H2,1-4H3,(H,18,19). The van der Waals surface area contributed by atoms with Gasteiger partial charge in [-0.1, -0.05) is 39.8 Å². The van der Waals surface area contributed by atoms with Crippen LogP contribution in [-0.2, 0) is 0 Å². The quantitative estimate of drug-likeness (QED) is 0.778. The van der Waals surface area contributed by atoms with Gasteiger partial charge in [0.1, 0.15) is 0 Å². The highest BCUT2D eigenvalue weighted by atomic mass is 35.5. The van der Waals surface area contributed by atoms with Crippen LogP contribution in [0.2, 0.25) is 0 Å². The van der Waals surface area contributed by atoms with E-state index in [0.717, 1.165) is 6.42 Å². The van der Waals surface area contributed by atoms with Crippen LogP contribution in [0.15, 0.2) is 24.3 Å². The number of hydrogen-bond donors (Lipinski definition) is 1. The van der Waals surface area contributed by atoms with Crippen LogP contribution < -0.4 is 5.32 Å². The number of hydrogen-bond acceptors (Lipinski definition) is 1. The van der Waals surface area contributed by atoms with E-state index in [9.17, 15) is 4.79 Å². The Morgan fingerprint density at radius 2 is 1.74 bits per heavy atom. The van der Waals surface area contributed by atoms with E-state index in [-0.39, 0.29) is 11.9 Å². The van der Waals surface area contributed by atoms with Crippen molar-refractivity contribution in [2.45, 2.75) is 46.1 Å². The van der Waals surface area contributed by atoms with Crippen LogP contribution >= 0.6 is 11.6 Å². The number of carbonyl (C=O) groups is 1. The highest BCUT2D eigenvalue weighted by Gasteiger charge is 2.14. The van der Waals surface area contributed by atoms with Gasteiger partial charge in [-0.05, 0) is 36.0 Å². The molecule has 1 amide bonds. The van der Waals surface area contributed by atoms with E-state index in [0.29, 0.717) is 23.3 Å². The number of halogens is 1. The zero-order valence-corrected chi connectivity index (χ0v) is 13.0. The Kier molecular flexibility index (Phi) is 6.36. The van der Waals surface area contributed by atoms with Crippen LogP contribution in [0.4, 0.5) is 0 Å². The number of alkyl halides is 1. The van der Waals surface area contributed by atoms with Crippen LogP contribution in [0.3, 0.4) is 0 Å². The molecular weight excluding hydrogens is 258 g/mol. The van der Waals surface area contributed by atoms with Crippen molar-refractivity contribution in [3.63, 3.8) is 0 Å². The lowest BCUT2D eigenvalue weighted by molar-refractivity contribution is 0.0936. The Balaban J connectivity index is 2.66. The molecule has 1 aromatic rings. The van der Waals surface area contributed by atoms with Crippen molar-refractivity contribution in [1.82, 2.24) is 5.32 Å². The van der Waals surface area contributed by atoms with Crippen LogP contribution in [0.5, 0.6) is 0 Å². The van der Waals surface area contributed by atoms with Crippen LogP contribution in [-0.4, -0.2) is 17.8 Å². The molecule has 1 aromatic carbocycles. The average molecular weight is 282 g/mol. The topological polar surface area (TPSA) is 29.1 Å². The van der Waals surface area contributed by atoms with Gasteiger partial charge in [0.2, 0.25) is 0 Å². The Hall–Kier alpha value is -1.02. The maximum Gasteiger partial charge on any atom is 0.251 e. The molecule has 0 saturated carbocycles. The van der Waals surface area contributed by atoms with Crippen molar-refractivity contribution in [2.75, 3.05) is 5.88 Å². The molecule has 0 aliphatic rings. The lowest BCUT2D eigenvalue weighted by atomic mass is 10.0. The summed E-state index contributed by atoms with van der Waals surface area (Å²) in [5.74, 6) is 1.41. The molecule has 0 fully saturated rings. The summed E-state index contributed by atoms with van der Waals surface area (Å²) in [5, 5.41) is 2.99. The number of amides is 1. The molecule has 3 heteroatoms. The molecule has 1 rings (SSSR count). The molecule has 1 unspecified atom stereocenters. The highest BCUT2D eigenvalue weighted by molar-refractivity contribution is 6.18. The van der Waals surface area contributed by atoms with Gasteiger partial charge in [0.15, 0.2) is 0 Å². The molecule has 0 saturated heterocycles. The molecule has 2 nitrogen and oxygen atoms in total. The van der Waals surface area contributed by atoms with E-state index in [1.165, 1.54) is 5.56 Å². The maximum atomic E-state index is 12.1. The second-order valence-electron chi connectivity index (χ2n) is 5.73. The summed E-state index contributed by atoms with van der Waals surface area (Å²) in [6.07, 6.45) is 0.902. The van der Waals surface area contributed by atoms with Crippen molar-refractivity contribution in [1.29, 1.82) is 0 Å². The molecular formula is C16H24ClNO. The lowest BCUT2D eigenvalue weighted by Gasteiger charge is -2.18. The first kappa shape index (κ1) is 16.0. The van der Waals surface area contributed by atoms with Crippen LogP contribution in [0, 0.1) is 5.92 Å². The summed E-state index contributed by atoms with van der Waals surface area (Å²) in [6.45, 7) is 8.54. The average Bonchev–Trinajstić information content (AvgIpc) is 2.37. The minimum atomic E-state index is -0.0402. The van der Waals surface area contributed by atoms with Gasteiger partial charge >= 0.3 is 0 Å². The fourth-order valence-corrected chi connectivity index (χ4v) is 2.22. The molecule has 106 valence electrons. The third kappa shape index (κ3) is 5.23. The van der Waals surface area contributed by atoms with E-state index in [2.05, 4.69) is 33.0 Å². The molecule has 1 atom stereocenters. The van der Waals surface area contributed by atoms with E-state index in [4.69, 9.17) is 11.6 Å². The zero-order valence-electron chi connectivity index (χ0n) is 12.2. The Bertz CT molecular complexity index is 398. The molecule has 0 aliphatic carbocycles. The largest absolute Gasteiger partial charge is 0.348 e. The molecule has 0 heterocycles. The molecule has 0 aromatic heterocycles.